The SMILES string of the molecule is CC/C(C)=C(\C)c1sccc1N. The summed E-state index contributed by atoms with van der Waals surface area (Å²) >= 11 is 1.72. The van der Waals surface area contributed by atoms with E-state index in [0.29, 0.717) is 0 Å². The Labute approximate surface area is 77.9 Å². The number of thiophene rings is 1. The van der Waals surface area contributed by atoms with Gasteiger partial charge in [0, 0.05) is 5.69 Å². The fourth-order valence-corrected chi connectivity index (χ4v) is 1.99. The van der Waals surface area contributed by atoms with Crippen molar-refractivity contribution in [3.63, 3.8) is 0 Å². The highest BCUT2D eigenvalue weighted by molar-refractivity contribution is 7.11. The molecule has 0 unspecified atom stereocenters. The third-order valence-electron chi connectivity index (χ3n) is 2.21. The van der Waals surface area contributed by atoms with Crippen molar-refractivity contribution in [2.24, 2.45) is 0 Å². The summed E-state index contributed by atoms with van der Waals surface area (Å²) in [5, 5.41) is 2.04. The number of hydrogen-bond acceptors (Lipinski definition) is 2. The van der Waals surface area contributed by atoms with E-state index in [1.807, 2.05) is 11.4 Å². The van der Waals surface area contributed by atoms with E-state index < -0.39 is 0 Å². The lowest BCUT2D eigenvalue weighted by molar-refractivity contribution is 1.10. The predicted octanol–water partition coefficient (Wildman–Crippen LogP) is 3.53. The lowest BCUT2D eigenvalue weighted by atomic mass is 10.1. The average molecular weight is 181 g/mol. The van der Waals surface area contributed by atoms with Crippen LogP contribution in [0.1, 0.15) is 32.1 Å². The number of allylic oxidation sites excluding steroid dienone is 2. The van der Waals surface area contributed by atoms with Crippen molar-refractivity contribution in [2.75, 3.05) is 5.73 Å². The number of nitrogens with two attached hydrogens (primary N) is 1. The van der Waals surface area contributed by atoms with Gasteiger partial charge in [0.15, 0.2) is 0 Å². The fourth-order valence-electron chi connectivity index (χ4n) is 1.08. The first-order chi connectivity index (χ1) is 5.66. The summed E-state index contributed by atoms with van der Waals surface area (Å²) < 4.78 is 0. The van der Waals surface area contributed by atoms with Crippen LogP contribution in [0.3, 0.4) is 0 Å². The van der Waals surface area contributed by atoms with Crippen LogP contribution in [0.25, 0.3) is 5.57 Å². The molecule has 0 aliphatic heterocycles. The van der Waals surface area contributed by atoms with Crippen molar-refractivity contribution >= 4 is 22.6 Å². The van der Waals surface area contributed by atoms with Gasteiger partial charge in [0.25, 0.3) is 0 Å². The van der Waals surface area contributed by atoms with Gasteiger partial charge in [-0.05, 0) is 37.3 Å². The monoisotopic (exact) mass is 181 g/mol. The summed E-state index contributed by atoms with van der Waals surface area (Å²) in [6.45, 7) is 6.47. The Morgan fingerprint density at radius 1 is 1.50 bits per heavy atom. The van der Waals surface area contributed by atoms with Crippen LogP contribution in [-0.2, 0) is 0 Å². The molecule has 0 aliphatic carbocycles. The Kier molecular flexibility index (Phi) is 2.93. The van der Waals surface area contributed by atoms with Crippen molar-refractivity contribution in [1.29, 1.82) is 0 Å². The van der Waals surface area contributed by atoms with Gasteiger partial charge in [0.2, 0.25) is 0 Å². The van der Waals surface area contributed by atoms with E-state index in [1.54, 1.807) is 11.3 Å². The van der Waals surface area contributed by atoms with Gasteiger partial charge in [-0.3, -0.25) is 0 Å². The van der Waals surface area contributed by atoms with Crippen LogP contribution in [0.15, 0.2) is 17.0 Å². The molecule has 1 aromatic heterocycles. The zero-order valence-electron chi connectivity index (χ0n) is 7.85. The zero-order chi connectivity index (χ0) is 9.14. The quantitative estimate of drug-likeness (QED) is 0.742. The molecule has 0 fully saturated rings. The minimum Gasteiger partial charge on any atom is -0.398 e. The molecule has 0 spiro atoms. The van der Waals surface area contributed by atoms with Crippen LogP contribution < -0.4 is 5.73 Å². The zero-order valence-corrected chi connectivity index (χ0v) is 8.66. The van der Waals surface area contributed by atoms with E-state index in [4.69, 9.17) is 5.73 Å². The first-order valence-corrected chi connectivity index (χ1v) is 5.04. The molecule has 0 saturated carbocycles. The minimum atomic E-state index is 0.908. The lowest BCUT2D eigenvalue weighted by Crippen LogP contribution is -1.87. The van der Waals surface area contributed by atoms with Crippen LogP contribution in [0.2, 0.25) is 0 Å². The van der Waals surface area contributed by atoms with E-state index in [9.17, 15) is 0 Å². The van der Waals surface area contributed by atoms with Crippen LogP contribution in [0, 0.1) is 0 Å². The van der Waals surface area contributed by atoms with Gasteiger partial charge in [-0.25, -0.2) is 0 Å². The van der Waals surface area contributed by atoms with Gasteiger partial charge in [-0.1, -0.05) is 12.5 Å². The van der Waals surface area contributed by atoms with E-state index in [2.05, 4.69) is 20.8 Å². The molecule has 1 aromatic rings. The van der Waals surface area contributed by atoms with Crippen LogP contribution in [-0.4, -0.2) is 0 Å². The Bertz CT molecular complexity index is 297. The van der Waals surface area contributed by atoms with Gasteiger partial charge in [0.05, 0.1) is 4.88 Å². The second-order valence-electron chi connectivity index (χ2n) is 2.96. The third-order valence-corrected chi connectivity index (χ3v) is 3.26. The predicted molar refractivity (Wildman–Crippen MR) is 57.3 cm³/mol. The molecule has 1 rings (SSSR count). The molecule has 0 radical (unpaired) electrons. The van der Waals surface area contributed by atoms with Crippen LogP contribution >= 0.6 is 11.3 Å². The molecule has 0 bridgehead atoms. The van der Waals surface area contributed by atoms with E-state index in [0.717, 1.165) is 12.1 Å². The molecule has 0 saturated heterocycles. The second kappa shape index (κ2) is 3.76. The second-order valence-corrected chi connectivity index (χ2v) is 3.88. The van der Waals surface area contributed by atoms with Crippen LogP contribution in [0.5, 0.6) is 0 Å². The molecule has 1 heterocycles. The molecule has 0 aliphatic rings. The highest BCUT2D eigenvalue weighted by Gasteiger charge is 2.04. The smallest absolute Gasteiger partial charge is 0.0528 e. The third kappa shape index (κ3) is 1.69. The molecule has 0 atom stereocenters. The molecule has 0 aromatic carbocycles. The van der Waals surface area contributed by atoms with E-state index in [1.165, 1.54) is 16.0 Å². The Morgan fingerprint density at radius 3 is 2.58 bits per heavy atom. The van der Waals surface area contributed by atoms with Gasteiger partial charge in [-0.15, -0.1) is 11.3 Å². The summed E-state index contributed by atoms with van der Waals surface area (Å²) in [5.41, 5.74) is 9.48. The number of rotatable bonds is 2. The first-order valence-electron chi connectivity index (χ1n) is 4.16. The normalized spacial score (nSPS) is 12.9. The van der Waals surface area contributed by atoms with Crippen LogP contribution in [0.4, 0.5) is 5.69 Å². The van der Waals surface area contributed by atoms with Crippen molar-refractivity contribution in [2.45, 2.75) is 27.2 Å². The molecule has 1 nitrogen and oxygen atoms in total. The average Bonchev–Trinajstić information content (AvgIpc) is 2.48. The van der Waals surface area contributed by atoms with Gasteiger partial charge >= 0.3 is 0 Å². The Morgan fingerprint density at radius 2 is 2.17 bits per heavy atom. The maximum absolute atomic E-state index is 5.81. The van der Waals surface area contributed by atoms with E-state index >= 15 is 0 Å². The maximum Gasteiger partial charge on any atom is 0.0528 e. The molecule has 66 valence electrons. The highest BCUT2D eigenvalue weighted by atomic mass is 32.1. The summed E-state index contributed by atoms with van der Waals surface area (Å²) in [4.78, 5) is 1.23. The topological polar surface area (TPSA) is 26.0 Å². The fraction of sp³-hybridized carbons (Fsp3) is 0.400. The molecule has 0 amide bonds. The Balaban J connectivity index is 3.07. The molecule has 2 heteroatoms. The summed E-state index contributed by atoms with van der Waals surface area (Å²) in [6.07, 6.45) is 1.10. The standard InChI is InChI=1S/C10H15NS/c1-4-7(2)8(3)10-9(11)5-6-12-10/h5-6H,4,11H2,1-3H3/b8-7+. The molecular weight excluding hydrogens is 166 g/mol. The first kappa shape index (κ1) is 9.33. The maximum atomic E-state index is 5.81. The minimum absolute atomic E-state index is 0.908. The highest BCUT2D eigenvalue weighted by Crippen LogP contribution is 2.29. The lowest BCUT2D eigenvalue weighted by Gasteiger charge is -2.03. The van der Waals surface area contributed by atoms with E-state index in [-0.39, 0.29) is 0 Å². The van der Waals surface area contributed by atoms with Gasteiger partial charge in [-0.2, -0.15) is 0 Å². The summed E-state index contributed by atoms with van der Waals surface area (Å²) in [7, 11) is 0. The molecule has 2 N–H and O–H groups in total. The molecular formula is C10H15NS. The number of nitrogen functional groups attached to an aromatic ring is 1. The summed E-state index contributed by atoms with van der Waals surface area (Å²) in [5.74, 6) is 0. The largest absolute Gasteiger partial charge is 0.398 e. The van der Waals surface area contributed by atoms with Gasteiger partial charge in [0.1, 0.15) is 0 Å². The van der Waals surface area contributed by atoms with Crippen molar-refractivity contribution in [1.82, 2.24) is 0 Å². The Hall–Kier alpha value is -0.760. The molecule has 12 heavy (non-hydrogen) atoms. The van der Waals surface area contributed by atoms with Crippen molar-refractivity contribution in [3.05, 3.63) is 21.9 Å². The number of hydrogen-bond donors (Lipinski definition) is 1. The number of anilines is 1. The van der Waals surface area contributed by atoms with Crippen molar-refractivity contribution < 1.29 is 0 Å². The van der Waals surface area contributed by atoms with Crippen molar-refractivity contribution in [3.8, 4) is 0 Å². The summed E-state index contributed by atoms with van der Waals surface area (Å²) in [6, 6.07) is 1.96. The van der Waals surface area contributed by atoms with Gasteiger partial charge < -0.3 is 5.73 Å².